The quantitative estimate of drug-likeness (QED) is 0.112. The number of nitrogens with zero attached hydrogens (tertiary/aromatic N) is 2. The number of benzene rings is 10. The molecule has 470 valence electrons. The minimum atomic E-state index is -0.476. The van der Waals surface area contributed by atoms with Crippen LogP contribution in [0.25, 0.3) is 44.5 Å². The van der Waals surface area contributed by atoms with Crippen molar-refractivity contribution >= 4 is 76.7 Å². The van der Waals surface area contributed by atoms with Crippen LogP contribution in [0.1, 0.15) is 97.9 Å². The lowest BCUT2D eigenvalue weighted by Gasteiger charge is -2.32. The molecule has 3 saturated heterocycles. The summed E-state index contributed by atoms with van der Waals surface area (Å²) in [6, 6.07) is 93.9. The van der Waals surface area contributed by atoms with Crippen LogP contribution in [0.2, 0.25) is 0 Å². The predicted molar refractivity (Wildman–Crippen MR) is 393 cm³/mol. The van der Waals surface area contributed by atoms with Crippen molar-refractivity contribution in [3.63, 3.8) is 0 Å². The van der Waals surface area contributed by atoms with Crippen molar-refractivity contribution in [2.75, 3.05) is 9.80 Å². The highest BCUT2D eigenvalue weighted by molar-refractivity contribution is 9.10. The van der Waals surface area contributed by atoms with Gasteiger partial charge in [0.15, 0.2) is 0 Å². The summed E-state index contributed by atoms with van der Waals surface area (Å²) < 4.78 is 37.5. The van der Waals surface area contributed by atoms with Crippen LogP contribution in [-0.2, 0) is 27.9 Å². The molecule has 10 aromatic carbocycles. The summed E-state index contributed by atoms with van der Waals surface area (Å²) in [4.78, 5) is 4.58. The Morgan fingerprint density at radius 2 is 0.424 bits per heavy atom. The van der Waals surface area contributed by atoms with Gasteiger partial charge in [-0.25, -0.2) is 0 Å². The largest absolute Gasteiger partial charge is 0.494 e. The molecule has 0 bridgehead atoms. The number of anilines is 6. The first kappa shape index (κ1) is 68.6. The average Bonchev–Trinajstić information content (AvgIpc) is 1.58. The van der Waals surface area contributed by atoms with Crippen LogP contribution in [0.3, 0.4) is 0 Å². The number of halogens is 1. The predicted octanol–water partition coefficient (Wildman–Crippen LogP) is 21.6. The molecule has 12 heteroatoms. The van der Waals surface area contributed by atoms with Crippen molar-refractivity contribution in [1.29, 1.82) is 0 Å². The monoisotopic (exact) mass is 1280 g/mol. The fourth-order valence-corrected chi connectivity index (χ4v) is 11.2. The summed E-state index contributed by atoms with van der Waals surface area (Å²) in [7, 11) is -1.34. The maximum absolute atomic E-state index is 6.29. The molecule has 3 aliphatic rings. The zero-order valence-electron chi connectivity index (χ0n) is 53.9. The minimum absolute atomic E-state index is 0. The third-order valence-corrected chi connectivity index (χ3v) is 19.0. The molecule has 3 aliphatic heterocycles. The second kappa shape index (κ2) is 28.2. The topological polar surface area (TPSA) is 61.9 Å². The molecule has 0 unspecified atom stereocenters. The van der Waals surface area contributed by atoms with Gasteiger partial charge in [-0.2, -0.15) is 0 Å². The van der Waals surface area contributed by atoms with Crippen LogP contribution in [-0.4, -0.2) is 54.7 Å². The first-order chi connectivity index (χ1) is 43.0. The molecule has 92 heavy (non-hydrogen) atoms. The second-order valence-electron chi connectivity index (χ2n) is 26.2. The molecule has 3 heterocycles. The molecule has 3 fully saturated rings. The van der Waals surface area contributed by atoms with Gasteiger partial charge < -0.3 is 37.7 Å². The van der Waals surface area contributed by atoms with Crippen LogP contribution < -0.4 is 15.3 Å². The Morgan fingerprint density at radius 3 is 0.652 bits per heavy atom. The van der Waals surface area contributed by atoms with Gasteiger partial charge in [0, 0.05) is 38.6 Å². The Balaban J connectivity index is 0.000000172. The molecule has 0 amide bonds. The van der Waals surface area contributed by atoms with Gasteiger partial charge in [0.2, 0.25) is 0 Å². The Kier molecular flexibility index (Phi) is 21.0. The zero-order valence-corrected chi connectivity index (χ0v) is 55.4. The minimum Gasteiger partial charge on any atom is -0.405 e. The van der Waals surface area contributed by atoms with Gasteiger partial charge in [-0.1, -0.05) is 213 Å². The third-order valence-electron chi connectivity index (χ3n) is 18.5. The molecular weight excluding hydrogens is 1200 g/mol. The molecule has 0 aliphatic carbocycles. The molecule has 0 radical (unpaired) electrons. The van der Waals surface area contributed by atoms with Crippen molar-refractivity contribution < 1.29 is 27.9 Å². The molecule has 13 rings (SSSR count). The van der Waals surface area contributed by atoms with Crippen molar-refractivity contribution in [1.82, 2.24) is 0 Å². The smallest absolute Gasteiger partial charge is 0.405 e. The summed E-state index contributed by atoms with van der Waals surface area (Å²) in [5, 5.41) is 0. The lowest BCUT2D eigenvalue weighted by molar-refractivity contribution is 0.00578. The van der Waals surface area contributed by atoms with E-state index in [1.165, 1.54) is 44.5 Å². The first-order valence-corrected chi connectivity index (χ1v) is 31.9. The average molecular weight is 1290 g/mol. The summed E-state index contributed by atoms with van der Waals surface area (Å²) >= 11 is 3.56. The highest BCUT2D eigenvalue weighted by atomic mass is 79.9. The number of rotatable bonds is 12. The van der Waals surface area contributed by atoms with Crippen LogP contribution in [0, 0.1) is 0 Å². The van der Waals surface area contributed by atoms with Crippen LogP contribution in [0.4, 0.5) is 34.1 Å². The lowest BCUT2D eigenvalue weighted by atomic mass is 9.49. The SMILES string of the molecule is Brc1ccc(N(c2ccc(-c3ccccc3)cc2)c2ccc(-c3ccccc3)cc2)cc1.C.C.CC1(C)OB(B2OC(C)(C)C(C)(C)O2)OC1(C)C.CC1(C)OB(c2ccc(N(c3ccc(-c4ccccc4)cc3)c3ccc(-c4ccccc4)cc3)cc2)OC1(C)C. The van der Waals surface area contributed by atoms with E-state index >= 15 is 0 Å². The van der Waals surface area contributed by atoms with Crippen LogP contribution in [0.5, 0.6) is 0 Å². The second-order valence-corrected chi connectivity index (χ2v) is 27.1. The van der Waals surface area contributed by atoms with E-state index in [0.29, 0.717) is 0 Å². The fraction of sp³-hybridized carbons (Fsp3) is 0.250. The van der Waals surface area contributed by atoms with E-state index in [1.54, 1.807) is 0 Å². The van der Waals surface area contributed by atoms with Gasteiger partial charge >= 0.3 is 21.1 Å². The third kappa shape index (κ3) is 15.2. The van der Waals surface area contributed by atoms with Gasteiger partial charge in [-0.05, 0) is 218 Å². The van der Waals surface area contributed by atoms with Crippen LogP contribution >= 0.6 is 15.9 Å². The summed E-state index contributed by atoms with van der Waals surface area (Å²) in [5.41, 5.74) is 15.1. The standard InChI is InChI=1S/C36H34BNO2.C30H22BrN.C12H24B2O4.2CH4/c1-35(2)36(3,4)40-37(39-35)31-19-25-34(26-20-31)38(32-21-15-29(16-22-32)27-11-7-5-8-12-27)33-23-17-30(18-24-33)28-13-9-6-10-14-28;31-27-15-21-30(22-16-27)32(28-17-11-25(12-18-28)23-7-3-1-4-8-23)29-19-13-26(14-20-29)24-9-5-2-6-10-24;1-9(2)10(3,4)16-13(15-9)14-17-11(5,6)12(7,8)18-14;;/h5-26H,1-4H3;1-22H;1-8H3;2*1H4. The van der Waals surface area contributed by atoms with Gasteiger partial charge in [0.05, 0.1) is 33.6 Å². The normalized spacial score (nSPS) is 16.8. The lowest BCUT2D eigenvalue weighted by Crippen LogP contribution is -2.41. The Morgan fingerprint density at radius 1 is 0.239 bits per heavy atom. The van der Waals surface area contributed by atoms with E-state index in [4.69, 9.17) is 27.9 Å². The summed E-state index contributed by atoms with van der Waals surface area (Å²) in [6.45, 7) is 24.5. The summed E-state index contributed by atoms with van der Waals surface area (Å²) in [5.74, 6) is 0. The van der Waals surface area contributed by atoms with E-state index in [1.807, 2.05) is 79.7 Å². The van der Waals surface area contributed by atoms with Gasteiger partial charge in [-0.3, -0.25) is 0 Å². The highest BCUT2D eigenvalue weighted by Crippen LogP contribution is 2.44. The molecule has 10 aromatic rings. The molecule has 0 spiro atoms. The van der Waals surface area contributed by atoms with E-state index in [-0.39, 0.29) is 55.6 Å². The highest BCUT2D eigenvalue weighted by Gasteiger charge is 2.64. The molecule has 0 atom stereocenters. The van der Waals surface area contributed by atoms with Crippen LogP contribution in [0.15, 0.2) is 271 Å². The Bertz CT molecular complexity index is 3700. The fourth-order valence-electron chi connectivity index (χ4n) is 11.0. The molecular formula is C80H88B3BrN2O6. The summed E-state index contributed by atoms with van der Waals surface area (Å²) in [6.07, 6.45) is 0. The van der Waals surface area contributed by atoms with Crippen molar-refractivity contribution in [2.24, 2.45) is 0 Å². The van der Waals surface area contributed by atoms with E-state index in [2.05, 4.69) is 296 Å². The molecule has 0 N–H and O–H groups in total. The number of hydrogen-bond acceptors (Lipinski definition) is 8. The van der Waals surface area contributed by atoms with E-state index in [9.17, 15) is 0 Å². The van der Waals surface area contributed by atoms with Gasteiger partial charge in [0.1, 0.15) is 0 Å². The van der Waals surface area contributed by atoms with Gasteiger partial charge in [-0.15, -0.1) is 0 Å². The zero-order chi connectivity index (χ0) is 63.5. The molecule has 0 saturated carbocycles. The Hall–Kier alpha value is -7.77. The van der Waals surface area contributed by atoms with E-state index < -0.39 is 14.0 Å². The van der Waals surface area contributed by atoms with E-state index in [0.717, 1.165) is 44.1 Å². The maximum Gasteiger partial charge on any atom is 0.494 e. The van der Waals surface area contributed by atoms with Crippen molar-refractivity contribution in [2.45, 2.75) is 132 Å². The maximum atomic E-state index is 6.29. The number of hydrogen-bond donors (Lipinski definition) is 0. The Labute approximate surface area is 558 Å². The van der Waals surface area contributed by atoms with Gasteiger partial charge in [0.25, 0.3) is 0 Å². The first-order valence-electron chi connectivity index (χ1n) is 31.1. The molecule has 8 nitrogen and oxygen atoms in total. The molecule has 0 aromatic heterocycles. The van der Waals surface area contributed by atoms with Crippen molar-refractivity contribution in [3.05, 3.63) is 271 Å². The van der Waals surface area contributed by atoms with Crippen molar-refractivity contribution in [3.8, 4) is 44.5 Å².